The number of pyridine rings is 1. The molecule has 0 saturated carbocycles. The summed E-state index contributed by atoms with van der Waals surface area (Å²) < 4.78 is 0. The fourth-order valence-electron chi connectivity index (χ4n) is 1.90. The molecule has 0 aliphatic carbocycles. The van der Waals surface area contributed by atoms with Crippen LogP contribution in [0.5, 0.6) is 0 Å². The molecule has 0 amide bonds. The molecule has 96 valence electrons. The van der Waals surface area contributed by atoms with E-state index < -0.39 is 0 Å². The second-order valence-corrected chi connectivity index (χ2v) is 4.70. The predicted octanol–water partition coefficient (Wildman–Crippen LogP) is 3.12. The number of nitrogens with zero attached hydrogens (tertiary/aromatic N) is 2. The normalized spacial score (nSPS) is 14.4. The molecular formula is C14H25N3. The molecule has 0 radical (unpaired) electrons. The van der Waals surface area contributed by atoms with E-state index in [0.717, 1.165) is 17.8 Å². The summed E-state index contributed by atoms with van der Waals surface area (Å²) in [5.41, 5.74) is 8.10. The summed E-state index contributed by atoms with van der Waals surface area (Å²) in [4.78, 5) is 6.72. The summed E-state index contributed by atoms with van der Waals surface area (Å²) in [5, 5.41) is 0. The Morgan fingerprint density at radius 2 is 2.06 bits per heavy atom. The molecule has 0 aromatic carbocycles. The Morgan fingerprint density at radius 3 is 2.53 bits per heavy atom. The molecule has 0 saturated heterocycles. The predicted molar refractivity (Wildman–Crippen MR) is 74.2 cm³/mol. The van der Waals surface area contributed by atoms with Crippen molar-refractivity contribution in [3.8, 4) is 0 Å². The summed E-state index contributed by atoms with van der Waals surface area (Å²) in [7, 11) is 2.12. The average Bonchev–Trinajstić information content (AvgIpc) is 2.37. The number of nitrogens with two attached hydrogens (primary N) is 1. The monoisotopic (exact) mass is 235 g/mol. The molecule has 17 heavy (non-hydrogen) atoms. The molecule has 0 spiro atoms. The van der Waals surface area contributed by atoms with Gasteiger partial charge in [0, 0.05) is 19.1 Å². The molecule has 1 aromatic heterocycles. The molecule has 2 N–H and O–H groups in total. The fraction of sp³-hybridized carbons (Fsp3) is 0.643. The molecule has 1 unspecified atom stereocenters. The van der Waals surface area contributed by atoms with E-state index >= 15 is 0 Å². The van der Waals surface area contributed by atoms with E-state index in [1.54, 1.807) is 0 Å². The molecule has 2 atom stereocenters. The summed E-state index contributed by atoms with van der Waals surface area (Å²) in [5.74, 6) is 0. The van der Waals surface area contributed by atoms with Crippen LogP contribution in [0.1, 0.15) is 51.8 Å². The second kappa shape index (κ2) is 6.60. The smallest absolute Gasteiger partial charge is 0.0572 e. The standard InChI is InChI=1S/C14H25N3/c1-5-7-11(3)17(4)12-8-9-14(16-10-12)13(15)6-2/h8-11,13H,5-7,15H2,1-4H3/t11?,13-/m0/s1. The van der Waals surface area contributed by atoms with Crippen molar-refractivity contribution in [2.24, 2.45) is 5.73 Å². The van der Waals surface area contributed by atoms with Gasteiger partial charge in [-0.05, 0) is 31.9 Å². The molecule has 1 rings (SSSR count). The number of rotatable bonds is 6. The number of hydrogen-bond donors (Lipinski definition) is 1. The molecular weight excluding hydrogens is 210 g/mol. The van der Waals surface area contributed by atoms with E-state index in [0.29, 0.717) is 6.04 Å². The van der Waals surface area contributed by atoms with Crippen molar-refractivity contribution >= 4 is 5.69 Å². The van der Waals surface area contributed by atoms with Crippen molar-refractivity contribution in [1.82, 2.24) is 4.98 Å². The van der Waals surface area contributed by atoms with Gasteiger partial charge in [-0.15, -0.1) is 0 Å². The molecule has 0 aliphatic heterocycles. The van der Waals surface area contributed by atoms with Crippen LogP contribution in [-0.2, 0) is 0 Å². The third-order valence-electron chi connectivity index (χ3n) is 3.37. The van der Waals surface area contributed by atoms with Gasteiger partial charge in [0.2, 0.25) is 0 Å². The zero-order chi connectivity index (χ0) is 12.8. The van der Waals surface area contributed by atoms with E-state index in [1.165, 1.54) is 12.8 Å². The van der Waals surface area contributed by atoms with Gasteiger partial charge in [0.25, 0.3) is 0 Å². The Hall–Kier alpha value is -1.09. The van der Waals surface area contributed by atoms with Crippen molar-refractivity contribution in [3.05, 3.63) is 24.0 Å². The van der Waals surface area contributed by atoms with Crippen LogP contribution in [0, 0.1) is 0 Å². The van der Waals surface area contributed by atoms with Gasteiger partial charge in [-0.25, -0.2) is 0 Å². The lowest BCUT2D eigenvalue weighted by Crippen LogP contribution is -2.28. The van der Waals surface area contributed by atoms with E-state index in [2.05, 4.69) is 43.8 Å². The van der Waals surface area contributed by atoms with E-state index in [-0.39, 0.29) is 6.04 Å². The van der Waals surface area contributed by atoms with Gasteiger partial charge in [-0.3, -0.25) is 4.98 Å². The van der Waals surface area contributed by atoms with Gasteiger partial charge < -0.3 is 10.6 Å². The van der Waals surface area contributed by atoms with Crippen molar-refractivity contribution in [3.63, 3.8) is 0 Å². The van der Waals surface area contributed by atoms with Crippen LogP contribution in [0.4, 0.5) is 5.69 Å². The maximum Gasteiger partial charge on any atom is 0.0572 e. The lowest BCUT2D eigenvalue weighted by atomic mass is 10.1. The highest BCUT2D eigenvalue weighted by atomic mass is 15.1. The van der Waals surface area contributed by atoms with Gasteiger partial charge in [0.1, 0.15) is 0 Å². The first-order valence-corrected chi connectivity index (χ1v) is 6.54. The summed E-state index contributed by atoms with van der Waals surface area (Å²) in [6.45, 7) is 6.54. The molecule has 0 bridgehead atoms. The van der Waals surface area contributed by atoms with E-state index in [4.69, 9.17) is 5.73 Å². The van der Waals surface area contributed by atoms with Crippen LogP contribution in [0.25, 0.3) is 0 Å². The quantitative estimate of drug-likeness (QED) is 0.823. The Bertz CT molecular complexity index is 321. The third kappa shape index (κ3) is 3.70. The number of anilines is 1. The van der Waals surface area contributed by atoms with Crippen LogP contribution >= 0.6 is 0 Å². The minimum absolute atomic E-state index is 0.0578. The van der Waals surface area contributed by atoms with Crippen LogP contribution in [-0.4, -0.2) is 18.1 Å². The lowest BCUT2D eigenvalue weighted by molar-refractivity contribution is 0.614. The first kappa shape index (κ1) is 14.0. The molecule has 1 aromatic rings. The maximum atomic E-state index is 5.95. The molecule has 3 heteroatoms. The summed E-state index contributed by atoms with van der Waals surface area (Å²) >= 11 is 0. The van der Waals surface area contributed by atoms with Gasteiger partial charge in [-0.1, -0.05) is 20.3 Å². The molecule has 3 nitrogen and oxygen atoms in total. The van der Waals surface area contributed by atoms with Gasteiger partial charge in [0.15, 0.2) is 0 Å². The Morgan fingerprint density at radius 1 is 1.35 bits per heavy atom. The average molecular weight is 235 g/mol. The lowest BCUT2D eigenvalue weighted by Gasteiger charge is -2.26. The SMILES string of the molecule is CCCC(C)N(C)c1ccc([C@@H](N)CC)nc1. The molecule has 0 fully saturated rings. The van der Waals surface area contributed by atoms with Gasteiger partial charge in [0.05, 0.1) is 17.6 Å². The molecule has 0 aliphatic rings. The van der Waals surface area contributed by atoms with Crippen LogP contribution in [0.2, 0.25) is 0 Å². The van der Waals surface area contributed by atoms with Crippen molar-refractivity contribution < 1.29 is 0 Å². The van der Waals surface area contributed by atoms with Crippen LogP contribution in [0.3, 0.4) is 0 Å². The Labute approximate surface area is 105 Å². The summed E-state index contributed by atoms with van der Waals surface area (Å²) in [6, 6.07) is 4.76. The minimum atomic E-state index is 0.0578. The minimum Gasteiger partial charge on any atom is -0.371 e. The highest BCUT2D eigenvalue weighted by molar-refractivity contribution is 5.44. The Kier molecular flexibility index (Phi) is 5.42. The molecule has 1 heterocycles. The van der Waals surface area contributed by atoms with Crippen LogP contribution < -0.4 is 10.6 Å². The Balaban J connectivity index is 2.73. The first-order valence-electron chi connectivity index (χ1n) is 6.54. The third-order valence-corrected chi connectivity index (χ3v) is 3.37. The van der Waals surface area contributed by atoms with Crippen LogP contribution in [0.15, 0.2) is 18.3 Å². The van der Waals surface area contributed by atoms with Crippen molar-refractivity contribution in [2.75, 3.05) is 11.9 Å². The van der Waals surface area contributed by atoms with Crippen molar-refractivity contribution in [1.29, 1.82) is 0 Å². The van der Waals surface area contributed by atoms with E-state index in [9.17, 15) is 0 Å². The highest BCUT2D eigenvalue weighted by Crippen LogP contribution is 2.19. The topological polar surface area (TPSA) is 42.1 Å². The zero-order valence-corrected chi connectivity index (χ0v) is 11.5. The van der Waals surface area contributed by atoms with E-state index in [1.807, 2.05) is 12.3 Å². The van der Waals surface area contributed by atoms with Crippen molar-refractivity contribution in [2.45, 2.75) is 52.1 Å². The van der Waals surface area contributed by atoms with Gasteiger partial charge >= 0.3 is 0 Å². The zero-order valence-electron chi connectivity index (χ0n) is 11.5. The fourth-order valence-corrected chi connectivity index (χ4v) is 1.90. The summed E-state index contributed by atoms with van der Waals surface area (Å²) in [6.07, 6.45) is 5.26. The largest absolute Gasteiger partial charge is 0.371 e. The highest BCUT2D eigenvalue weighted by Gasteiger charge is 2.10. The van der Waals surface area contributed by atoms with Gasteiger partial charge in [-0.2, -0.15) is 0 Å². The maximum absolute atomic E-state index is 5.95. The number of hydrogen-bond acceptors (Lipinski definition) is 3. The first-order chi connectivity index (χ1) is 8.10. The number of aromatic nitrogens is 1. The second-order valence-electron chi connectivity index (χ2n) is 4.70.